The predicted octanol–water partition coefficient (Wildman–Crippen LogP) is 1.83. The zero-order valence-corrected chi connectivity index (χ0v) is 9.36. The van der Waals surface area contributed by atoms with Crippen LogP contribution in [0.5, 0.6) is 0 Å². The van der Waals surface area contributed by atoms with Crippen molar-refractivity contribution in [3.05, 3.63) is 0 Å². The SMILES string of the molecule is CC1CCCC(N(C)CC(=O)O)C1C. The Bertz CT molecular complexity index is 205. The van der Waals surface area contributed by atoms with Crippen LogP contribution in [0.25, 0.3) is 0 Å². The van der Waals surface area contributed by atoms with Crippen molar-refractivity contribution in [1.29, 1.82) is 0 Å². The molecule has 1 saturated carbocycles. The first-order valence-electron chi connectivity index (χ1n) is 5.44. The van der Waals surface area contributed by atoms with Crippen molar-refractivity contribution in [2.45, 2.75) is 39.2 Å². The molecule has 0 bridgehead atoms. The van der Waals surface area contributed by atoms with Gasteiger partial charge in [-0.05, 0) is 25.3 Å². The first-order chi connectivity index (χ1) is 6.52. The number of carboxylic acids is 1. The predicted molar refractivity (Wildman–Crippen MR) is 56.2 cm³/mol. The number of carboxylic acid groups (broad SMARTS) is 1. The largest absolute Gasteiger partial charge is 0.480 e. The number of aliphatic carboxylic acids is 1. The van der Waals surface area contributed by atoms with Crippen molar-refractivity contribution in [3.63, 3.8) is 0 Å². The summed E-state index contributed by atoms with van der Waals surface area (Å²) in [6.07, 6.45) is 3.67. The van der Waals surface area contributed by atoms with Crippen LogP contribution in [0.2, 0.25) is 0 Å². The van der Waals surface area contributed by atoms with Gasteiger partial charge in [-0.1, -0.05) is 26.7 Å². The molecule has 1 N–H and O–H groups in total. The highest BCUT2D eigenvalue weighted by Gasteiger charge is 2.30. The lowest BCUT2D eigenvalue weighted by atomic mass is 9.77. The van der Waals surface area contributed by atoms with Gasteiger partial charge < -0.3 is 5.11 Å². The molecule has 0 radical (unpaired) electrons. The average Bonchev–Trinajstić information content (AvgIpc) is 2.08. The van der Waals surface area contributed by atoms with E-state index < -0.39 is 5.97 Å². The van der Waals surface area contributed by atoms with E-state index in [-0.39, 0.29) is 6.54 Å². The molecule has 0 saturated heterocycles. The highest BCUT2D eigenvalue weighted by atomic mass is 16.4. The second kappa shape index (κ2) is 4.78. The lowest BCUT2D eigenvalue weighted by Gasteiger charge is -2.39. The second-order valence-corrected chi connectivity index (χ2v) is 4.64. The maximum absolute atomic E-state index is 10.6. The van der Waals surface area contributed by atoms with E-state index in [0.717, 1.165) is 12.3 Å². The van der Waals surface area contributed by atoms with Crippen molar-refractivity contribution >= 4 is 5.97 Å². The summed E-state index contributed by atoms with van der Waals surface area (Å²) in [6.45, 7) is 4.68. The van der Waals surface area contributed by atoms with E-state index in [1.807, 2.05) is 11.9 Å². The molecule has 0 heterocycles. The van der Waals surface area contributed by atoms with Gasteiger partial charge in [0.25, 0.3) is 0 Å². The number of carbonyl (C=O) groups is 1. The molecule has 0 aromatic heterocycles. The first-order valence-corrected chi connectivity index (χ1v) is 5.44. The van der Waals surface area contributed by atoms with Crippen LogP contribution in [-0.4, -0.2) is 35.6 Å². The van der Waals surface area contributed by atoms with Crippen molar-refractivity contribution in [2.75, 3.05) is 13.6 Å². The number of rotatable bonds is 3. The van der Waals surface area contributed by atoms with Gasteiger partial charge in [-0.25, -0.2) is 0 Å². The molecule has 3 atom stereocenters. The van der Waals surface area contributed by atoms with Crippen LogP contribution in [0, 0.1) is 11.8 Å². The highest BCUT2D eigenvalue weighted by Crippen LogP contribution is 2.31. The summed E-state index contributed by atoms with van der Waals surface area (Å²) in [5.41, 5.74) is 0. The molecule has 0 aromatic carbocycles. The Kier molecular flexibility index (Phi) is 3.93. The van der Waals surface area contributed by atoms with Crippen LogP contribution in [-0.2, 0) is 4.79 Å². The molecule has 14 heavy (non-hydrogen) atoms. The van der Waals surface area contributed by atoms with Gasteiger partial charge in [-0.15, -0.1) is 0 Å². The Morgan fingerprint density at radius 2 is 2.07 bits per heavy atom. The molecule has 1 fully saturated rings. The fourth-order valence-corrected chi connectivity index (χ4v) is 2.51. The lowest BCUT2D eigenvalue weighted by Crippen LogP contribution is -2.44. The third-order valence-electron chi connectivity index (χ3n) is 3.61. The summed E-state index contributed by atoms with van der Waals surface area (Å²) in [7, 11) is 1.92. The molecule has 3 nitrogen and oxygen atoms in total. The Morgan fingerprint density at radius 1 is 1.43 bits per heavy atom. The van der Waals surface area contributed by atoms with Crippen molar-refractivity contribution in [3.8, 4) is 0 Å². The van der Waals surface area contributed by atoms with Gasteiger partial charge in [0.05, 0.1) is 6.54 Å². The van der Waals surface area contributed by atoms with Crippen LogP contribution in [0.1, 0.15) is 33.1 Å². The summed E-state index contributed by atoms with van der Waals surface area (Å²) in [5, 5.41) is 8.73. The third-order valence-corrected chi connectivity index (χ3v) is 3.61. The molecule has 0 aromatic rings. The molecular weight excluding hydrogens is 178 g/mol. The van der Waals surface area contributed by atoms with Crippen LogP contribution in [0.4, 0.5) is 0 Å². The third kappa shape index (κ3) is 2.71. The highest BCUT2D eigenvalue weighted by molar-refractivity contribution is 5.69. The maximum Gasteiger partial charge on any atom is 0.317 e. The molecule has 1 rings (SSSR count). The molecule has 3 heteroatoms. The molecule has 82 valence electrons. The zero-order chi connectivity index (χ0) is 10.7. The molecule has 0 amide bonds. The van der Waals surface area contributed by atoms with Gasteiger partial charge in [-0.3, -0.25) is 9.69 Å². The van der Waals surface area contributed by atoms with E-state index >= 15 is 0 Å². The minimum Gasteiger partial charge on any atom is -0.480 e. The van der Waals surface area contributed by atoms with E-state index in [1.54, 1.807) is 0 Å². The number of likely N-dealkylation sites (N-methyl/N-ethyl adjacent to an activating group) is 1. The molecular formula is C11H21NO2. The van der Waals surface area contributed by atoms with Gasteiger partial charge in [0.1, 0.15) is 0 Å². The van der Waals surface area contributed by atoms with E-state index in [9.17, 15) is 4.79 Å². The minimum atomic E-state index is -0.724. The normalized spacial score (nSPS) is 33.3. The van der Waals surface area contributed by atoms with Gasteiger partial charge >= 0.3 is 5.97 Å². The van der Waals surface area contributed by atoms with Gasteiger partial charge in [0, 0.05) is 6.04 Å². The summed E-state index contributed by atoms with van der Waals surface area (Å²) in [5.74, 6) is 0.621. The maximum atomic E-state index is 10.6. The Morgan fingerprint density at radius 3 is 2.64 bits per heavy atom. The minimum absolute atomic E-state index is 0.168. The summed E-state index contributed by atoms with van der Waals surface area (Å²) < 4.78 is 0. The van der Waals surface area contributed by atoms with Gasteiger partial charge in [-0.2, -0.15) is 0 Å². The van der Waals surface area contributed by atoms with Gasteiger partial charge in [0.2, 0.25) is 0 Å². The molecule has 0 spiro atoms. The fourth-order valence-electron chi connectivity index (χ4n) is 2.51. The van der Waals surface area contributed by atoms with E-state index in [4.69, 9.17) is 5.11 Å². The Hall–Kier alpha value is -0.570. The topological polar surface area (TPSA) is 40.5 Å². The number of nitrogens with zero attached hydrogens (tertiary/aromatic N) is 1. The fraction of sp³-hybridized carbons (Fsp3) is 0.909. The van der Waals surface area contributed by atoms with Crippen LogP contribution in [0.15, 0.2) is 0 Å². The standard InChI is InChI=1S/C11H21NO2/c1-8-5-4-6-10(9(8)2)12(3)7-11(13)14/h8-10H,4-7H2,1-3H3,(H,13,14). The van der Waals surface area contributed by atoms with Gasteiger partial charge in [0.15, 0.2) is 0 Å². The monoisotopic (exact) mass is 199 g/mol. The summed E-state index contributed by atoms with van der Waals surface area (Å²) >= 11 is 0. The lowest BCUT2D eigenvalue weighted by molar-refractivity contribution is -0.139. The molecule has 1 aliphatic carbocycles. The molecule has 1 aliphatic rings. The Balaban J connectivity index is 2.52. The molecule has 0 aliphatic heterocycles. The van der Waals surface area contributed by atoms with Crippen molar-refractivity contribution in [2.24, 2.45) is 11.8 Å². The van der Waals surface area contributed by atoms with E-state index in [1.165, 1.54) is 12.8 Å². The average molecular weight is 199 g/mol. The van der Waals surface area contributed by atoms with Crippen LogP contribution >= 0.6 is 0 Å². The first kappa shape index (κ1) is 11.5. The van der Waals surface area contributed by atoms with Crippen LogP contribution in [0.3, 0.4) is 0 Å². The zero-order valence-electron chi connectivity index (χ0n) is 9.36. The smallest absolute Gasteiger partial charge is 0.317 e. The molecule has 3 unspecified atom stereocenters. The summed E-state index contributed by atoms with van der Waals surface area (Å²) in [6, 6.07) is 0.454. The van der Waals surface area contributed by atoms with Crippen molar-refractivity contribution < 1.29 is 9.90 Å². The Labute approximate surface area is 86.1 Å². The number of hydrogen-bond acceptors (Lipinski definition) is 2. The quantitative estimate of drug-likeness (QED) is 0.754. The van der Waals surface area contributed by atoms with Crippen LogP contribution < -0.4 is 0 Å². The van der Waals surface area contributed by atoms with Crippen molar-refractivity contribution in [1.82, 2.24) is 4.90 Å². The van der Waals surface area contributed by atoms with E-state index in [0.29, 0.717) is 12.0 Å². The second-order valence-electron chi connectivity index (χ2n) is 4.64. The van der Waals surface area contributed by atoms with E-state index in [2.05, 4.69) is 13.8 Å². The summed E-state index contributed by atoms with van der Waals surface area (Å²) in [4.78, 5) is 12.6. The number of hydrogen-bond donors (Lipinski definition) is 1.